The predicted molar refractivity (Wildman–Crippen MR) is 53.4 cm³/mol. The molecule has 1 aromatic rings. The highest BCUT2D eigenvalue weighted by Crippen LogP contribution is 2.17. The Balaban J connectivity index is 2.45. The third kappa shape index (κ3) is 3.66. The highest BCUT2D eigenvalue weighted by Gasteiger charge is 2.00. The molecule has 1 atom stereocenters. The van der Waals surface area contributed by atoms with Crippen molar-refractivity contribution in [2.45, 2.75) is 13.0 Å². The minimum absolute atomic E-state index is 0.0963. The Morgan fingerprint density at radius 1 is 1.46 bits per heavy atom. The van der Waals surface area contributed by atoms with E-state index < -0.39 is 0 Å². The first-order chi connectivity index (χ1) is 6.22. The van der Waals surface area contributed by atoms with Crippen LogP contribution in [0.4, 0.5) is 0 Å². The molecule has 0 radical (unpaired) electrons. The molecule has 72 valence electrons. The molecule has 0 fully saturated rings. The van der Waals surface area contributed by atoms with Gasteiger partial charge < -0.3 is 9.47 Å². The molecule has 0 saturated heterocycles. The van der Waals surface area contributed by atoms with Crippen molar-refractivity contribution in [2.75, 3.05) is 13.7 Å². The average Bonchev–Trinajstić information content (AvgIpc) is 2.14. The standard InChI is InChI=1S/C10H13ClO2/c1-8(12-2)7-13-10-5-3-4-9(11)6-10/h3-6,8H,7H2,1-2H3. The fourth-order valence-corrected chi connectivity index (χ4v) is 1.02. The largest absolute Gasteiger partial charge is 0.491 e. The molecule has 0 aliphatic heterocycles. The van der Waals surface area contributed by atoms with Crippen LogP contribution in [0.25, 0.3) is 0 Å². The smallest absolute Gasteiger partial charge is 0.120 e. The monoisotopic (exact) mass is 200 g/mol. The fraction of sp³-hybridized carbons (Fsp3) is 0.400. The van der Waals surface area contributed by atoms with Gasteiger partial charge in [0.2, 0.25) is 0 Å². The predicted octanol–water partition coefficient (Wildman–Crippen LogP) is 2.75. The van der Waals surface area contributed by atoms with Crippen molar-refractivity contribution in [3.05, 3.63) is 29.3 Å². The molecule has 2 nitrogen and oxygen atoms in total. The summed E-state index contributed by atoms with van der Waals surface area (Å²) >= 11 is 5.78. The van der Waals surface area contributed by atoms with E-state index in [1.54, 1.807) is 13.2 Å². The molecule has 0 aromatic heterocycles. The van der Waals surface area contributed by atoms with Crippen LogP contribution in [0, 0.1) is 0 Å². The van der Waals surface area contributed by atoms with E-state index in [-0.39, 0.29) is 6.10 Å². The van der Waals surface area contributed by atoms with Crippen molar-refractivity contribution < 1.29 is 9.47 Å². The highest BCUT2D eigenvalue weighted by molar-refractivity contribution is 6.30. The van der Waals surface area contributed by atoms with Crippen molar-refractivity contribution in [2.24, 2.45) is 0 Å². The lowest BCUT2D eigenvalue weighted by Gasteiger charge is -2.11. The van der Waals surface area contributed by atoms with Gasteiger partial charge in [-0.2, -0.15) is 0 Å². The van der Waals surface area contributed by atoms with E-state index in [4.69, 9.17) is 21.1 Å². The van der Waals surface area contributed by atoms with Crippen LogP contribution >= 0.6 is 11.6 Å². The molecule has 0 amide bonds. The molecule has 0 heterocycles. The van der Waals surface area contributed by atoms with Crippen molar-refractivity contribution in [3.63, 3.8) is 0 Å². The maximum absolute atomic E-state index is 5.78. The number of ether oxygens (including phenoxy) is 2. The van der Waals surface area contributed by atoms with Gasteiger partial charge >= 0.3 is 0 Å². The van der Waals surface area contributed by atoms with Crippen LogP contribution in [0.3, 0.4) is 0 Å². The van der Waals surface area contributed by atoms with E-state index in [1.165, 1.54) is 0 Å². The van der Waals surface area contributed by atoms with Gasteiger partial charge in [0.05, 0.1) is 6.10 Å². The lowest BCUT2D eigenvalue weighted by Crippen LogP contribution is -2.15. The van der Waals surface area contributed by atoms with Gasteiger partial charge in [0.15, 0.2) is 0 Å². The summed E-state index contributed by atoms with van der Waals surface area (Å²) in [5.41, 5.74) is 0. The van der Waals surface area contributed by atoms with Crippen molar-refractivity contribution >= 4 is 11.6 Å². The summed E-state index contributed by atoms with van der Waals surface area (Å²) in [6.45, 7) is 2.49. The quantitative estimate of drug-likeness (QED) is 0.744. The molecular formula is C10H13ClO2. The summed E-state index contributed by atoms with van der Waals surface area (Å²) < 4.78 is 10.5. The number of halogens is 1. The Labute approximate surface area is 83.4 Å². The number of rotatable bonds is 4. The number of methoxy groups -OCH3 is 1. The third-order valence-electron chi connectivity index (χ3n) is 1.68. The van der Waals surface area contributed by atoms with Gasteiger partial charge in [-0.05, 0) is 25.1 Å². The SMILES string of the molecule is COC(C)COc1cccc(Cl)c1. The molecule has 0 saturated carbocycles. The van der Waals surface area contributed by atoms with Gasteiger partial charge in [0.25, 0.3) is 0 Å². The topological polar surface area (TPSA) is 18.5 Å². The van der Waals surface area contributed by atoms with Crippen molar-refractivity contribution in [1.29, 1.82) is 0 Å². The van der Waals surface area contributed by atoms with E-state index in [0.29, 0.717) is 11.6 Å². The number of benzene rings is 1. The lowest BCUT2D eigenvalue weighted by atomic mass is 10.3. The second-order valence-corrected chi connectivity index (χ2v) is 3.25. The van der Waals surface area contributed by atoms with Crippen LogP contribution in [-0.2, 0) is 4.74 Å². The molecule has 1 unspecified atom stereocenters. The maximum atomic E-state index is 5.78. The van der Waals surface area contributed by atoms with E-state index in [0.717, 1.165) is 5.75 Å². The zero-order valence-electron chi connectivity index (χ0n) is 7.79. The second-order valence-electron chi connectivity index (χ2n) is 2.81. The summed E-state index contributed by atoms with van der Waals surface area (Å²) in [6, 6.07) is 7.32. The summed E-state index contributed by atoms with van der Waals surface area (Å²) in [7, 11) is 1.66. The Bertz CT molecular complexity index is 263. The van der Waals surface area contributed by atoms with Crippen LogP contribution in [0.2, 0.25) is 5.02 Å². The molecule has 0 aliphatic carbocycles. The van der Waals surface area contributed by atoms with Gasteiger partial charge in [0.1, 0.15) is 12.4 Å². The summed E-state index contributed by atoms with van der Waals surface area (Å²) in [4.78, 5) is 0. The molecular weight excluding hydrogens is 188 g/mol. The molecule has 0 spiro atoms. The van der Waals surface area contributed by atoms with Crippen molar-refractivity contribution in [1.82, 2.24) is 0 Å². The minimum atomic E-state index is 0.0963. The van der Waals surface area contributed by atoms with E-state index in [9.17, 15) is 0 Å². The molecule has 1 aromatic carbocycles. The van der Waals surface area contributed by atoms with Crippen LogP contribution in [0.1, 0.15) is 6.92 Å². The zero-order chi connectivity index (χ0) is 9.68. The van der Waals surface area contributed by atoms with Gasteiger partial charge in [0, 0.05) is 12.1 Å². The molecule has 0 aliphatic rings. The van der Waals surface area contributed by atoms with Crippen LogP contribution < -0.4 is 4.74 Å². The third-order valence-corrected chi connectivity index (χ3v) is 1.92. The first kappa shape index (κ1) is 10.4. The van der Waals surface area contributed by atoms with E-state index in [2.05, 4.69) is 0 Å². The lowest BCUT2D eigenvalue weighted by molar-refractivity contribution is 0.0717. The Morgan fingerprint density at radius 2 is 2.23 bits per heavy atom. The van der Waals surface area contributed by atoms with Crippen LogP contribution in [0.5, 0.6) is 5.75 Å². The summed E-state index contributed by atoms with van der Waals surface area (Å²) in [6.07, 6.45) is 0.0963. The maximum Gasteiger partial charge on any atom is 0.120 e. The first-order valence-electron chi connectivity index (χ1n) is 4.13. The van der Waals surface area contributed by atoms with Gasteiger partial charge in [-0.3, -0.25) is 0 Å². The molecule has 1 rings (SSSR count). The minimum Gasteiger partial charge on any atom is -0.491 e. The highest BCUT2D eigenvalue weighted by atomic mass is 35.5. The molecule has 3 heteroatoms. The molecule has 0 N–H and O–H groups in total. The van der Waals surface area contributed by atoms with Crippen molar-refractivity contribution in [3.8, 4) is 5.75 Å². The van der Waals surface area contributed by atoms with E-state index >= 15 is 0 Å². The van der Waals surface area contributed by atoms with Crippen LogP contribution in [0.15, 0.2) is 24.3 Å². The molecule has 13 heavy (non-hydrogen) atoms. The van der Waals surface area contributed by atoms with E-state index in [1.807, 2.05) is 25.1 Å². The summed E-state index contributed by atoms with van der Waals surface area (Å²) in [5.74, 6) is 0.774. The normalized spacial score (nSPS) is 12.5. The van der Waals surface area contributed by atoms with Gasteiger partial charge in [-0.15, -0.1) is 0 Å². The summed E-state index contributed by atoms with van der Waals surface area (Å²) in [5, 5.41) is 0.683. The second kappa shape index (κ2) is 5.10. The fourth-order valence-electron chi connectivity index (χ4n) is 0.838. The van der Waals surface area contributed by atoms with Crippen LogP contribution in [-0.4, -0.2) is 19.8 Å². The number of hydrogen-bond acceptors (Lipinski definition) is 2. The number of hydrogen-bond donors (Lipinski definition) is 0. The zero-order valence-corrected chi connectivity index (χ0v) is 8.54. The molecule has 0 bridgehead atoms. The van der Waals surface area contributed by atoms with Gasteiger partial charge in [-0.1, -0.05) is 17.7 Å². The Kier molecular flexibility index (Phi) is 4.06. The average molecular weight is 201 g/mol. The Morgan fingerprint density at radius 3 is 2.85 bits per heavy atom. The first-order valence-corrected chi connectivity index (χ1v) is 4.51. The van der Waals surface area contributed by atoms with Gasteiger partial charge in [-0.25, -0.2) is 0 Å². The Hall–Kier alpha value is -0.730.